The average molecular weight is 417 g/mol. The van der Waals surface area contributed by atoms with Gasteiger partial charge in [0.1, 0.15) is 5.60 Å². The molecular weight excluding hydrogens is 396 g/mol. The Balaban J connectivity index is 1.64. The minimum Gasteiger partial charge on any atom is -0.376 e. The fraction of sp³-hybridized carbons (Fsp3) is 0.381. The number of hydrogen-bond acceptors (Lipinski definition) is 5. The Labute approximate surface area is 172 Å². The molecule has 1 unspecified atom stereocenters. The van der Waals surface area contributed by atoms with Gasteiger partial charge in [0.25, 0.3) is 5.91 Å². The number of amides is 2. The molecule has 2 aliphatic heterocycles. The Morgan fingerprint density at radius 1 is 1.13 bits per heavy atom. The van der Waals surface area contributed by atoms with E-state index >= 15 is 0 Å². The number of anilines is 1. The first-order valence-corrected chi connectivity index (χ1v) is 9.54. The Morgan fingerprint density at radius 3 is 2.60 bits per heavy atom. The maximum Gasteiger partial charge on any atom is 0.437 e. The predicted molar refractivity (Wildman–Crippen MR) is 103 cm³/mol. The van der Waals surface area contributed by atoms with Gasteiger partial charge >= 0.3 is 12.0 Å². The number of nitrogens with zero attached hydrogens (tertiary/aromatic N) is 3. The highest BCUT2D eigenvalue weighted by molar-refractivity contribution is 5.98. The summed E-state index contributed by atoms with van der Waals surface area (Å²) in [5, 5.41) is 0. The molecule has 3 heterocycles. The maximum atomic E-state index is 14.6. The van der Waals surface area contributed by atoms with Crippen LogP contribution in [-0.4, -0.2) is 66.3 Å². The van der Waals surface area contributed by atoms with Crippen molar-refractivity contribution in [3.63, 3.8) is 0 Å². The van der Waals surface area contributed by atoms with Crippen LogP contribution in [0, 0.1) is 6.92 Å². The molecule has 0 bridgehead atoms. The summed E-state index contributed by atoms with van der Waals surface area (Å²) in [5.41, 5.74) is -0.141. The van der Waals surface area contributed by atoms with E-state index in [1.54, 1.807) is 49.4 Å². The highest BCUT2D eigenvalue weighted by atomic mass is 19.3. The number of halogens is 2. The van der Waals surface area contributed by atoms with E-state index < -0.39 is 17.6 Å². The van der Waals surface area contributed by atoms with Gasteiger partial charge in [-0.3, -0.25) is 19.3 Å². The van der Waals surface area contributed by atoms with Crippen molar-refractivity contribution in [2.24, 2.45) is 0 Å². The summed E-state index contributed by atoms with van der Waals surface area (Å²) >= 11 is 0. The normalized spacial score (nSPS) is 24.0. The van der Waals surface area contributed by atoms with E-state index in [1.807, 2.05) is 0 Å². The van der Waals surface area contributed by atoms with E-state index in [-0.39, 0.29) is 38.8 Å². The molecule has 1 spiro atoms. The number of morpholine rings is 1. The van der Waals surface area contributed by atoms with Gasteiger partial charge in [-0.15, -0.1) is 0 Å². The molecule has 2 aromatic rings. The monoisotopic (exact) mass is 417 g/mol. The molecule has 2 saturated heterocycles. The molecule has 0 N–H and O–H groups in total. The Bertz CT molecular complexity index is 939. The van der Waals surface area contributed by atoms with Gasteiger partial charge in [0.2, 0.25) is 0 Å². The van der Waals surface area contributed by atoms with Gasteiger partial charge in [-0.1, -0.05) is 18.2 Å². The number of aryl methyl sites for hydroxylation is 1. The van der Waals surface area contributed by atoms with Crippen LogP contribution < -0.4 is 4.90 Å². The molecule has 0 aliphatic carbocycles. The molecule has 158 valence electrons. The fourth-order valence-electron chi connectivity index (χ4n) is 3.69. The second kappa shape index (κ2) is 7.73. The number of rotatable bonds is 2. The molecule has 1 atom stereocenters. The zero-order chi connectivity index (χ0) is 21.4. The van der Waals surface area contributed by atoms with Gasteiger partial charge in [0.05, 0.1) is 31.9 Å². The Hall–Kier alpha value is -2.91. The quantitative estimate of drug-likeness (QED) is 0.750. The molecule has 0 saturated carbocycles. The Morgan fingerprint density at radius 2 is 1.90 bits per heavy atom. The number of alkyl halides is 2. The summed E-state index contributed by atoms with van der Waals surface area (Å²) < 4.78 is 39.8. The first kappa shape index (κ1) is 20.4. The number of pyridine rings is 1. The van der Waals surface area contributed by atoms with Crippen LogP contribution in [0.4, 0.5) is 14.5 Å². The van der Waals surface area contributed by atoms with E-state index in [9.17, 15) is 18.4 Å². The number of ether oxygens (including phenoxy) is 2. The van der Waals surface area contributed by atoms with Crippen molar-refractivity contribution in [2.75, 3.05) is 37.7 Å². The minimum atomic E-state index is -4.04. The van der Waals surface area contributed by atoms with Gasteiger partial charge in [-0.05, 0) is 31.2 Å². The standard InChI is InChI=1S/C21H21F2N3O4/c1-15-7-8-16(11-24-15)18(27)25-9-10-29-14-20(12-25)13-26(17-5-3-2-4-6-17)19(28)21(22,23)30-20/h2-8,11H,9-10,12-14H2,1H3. The third-order valence-electron chi connectivity index (χ3n) is 5.15. The number of aromatic nitrogens is 1. The average Bonchev–Trinajstić information content (AvgIpc) is 2.93. The van der Waals surface area contributed by atoms with Crippen LogP contribution in [-0.2, 0) is 14.3 Å². The molecule has 7 nitrogen and oxygen atoms in total. The van der Waals surface area contributed by atoms with Gasteiger partial charge in [-0.25, -0.2) is 0 Å². The fourth-order valence-corrected chi connectivity index (χ4v) is 3.69. The van der Waals surface area contributed by atoms with Crippen LogP contribution in [0.3, 0.4) is 0 Å². The summed E-state index contributed by atoms with van der Waals surface area (Å²) in [5.74, 6) is -1.80. The molecule has 4 rings (SSSR count). The first-order chi connectivity index (χ1) is 14.3. The van der Waals surface area contributed by atoms with Crippen LogP contribution in [0.15, 0.2) is 48.7 Å². The number of carbonyl (C=O) groups is 2. The van der Waals surface area contributed by atoms with Crippen LogP contribution >= 0.6 is 0 Å². The van der Waals surface area contributed by atoms with Crippen molar-refractivity contribution < 1.29 is 27.8 Å². The summed E-state index contributed by atoms with van der Waals surface area (Å²) in [6.07, 6.45) is -2.59. The number of benzene rings is 1. The SMILES string of the molecule is Cc1ccc(C(=O)N2CCOCC3(C2)CN(c2ccccc2)C(=O)C(F)(F)O3)cn1. The molecule has 9 heteroatoms. The van der Waals surface area contributed by atoms with E-state index in [0.717, 1.165) is 10.6 Å². The maximum absolute atomic E-state index is 14.6. The van der Waals surface area contributed by atoms with Crippen LogP contribution in [0.1, 0.15) is 16.1 Å². The highest BCUT2D eigenvalue weighted by Crippen LogP contribution is 2.37. The minimum absolute atomic E-state index is 0.147. The van der Waals surface area contributed by atoms with Crippen molar-refractivity contribution in [1.82, 2.24) is 9.88 Å². The third-order valence-corrected chi connectivity index (χ3v) is 5.15. The summed E-state index contributed by atoms with van der Waals surface area (Å²) in [6, 6.07) is 11.5. The lowest BCUT2D eigenvalue weighted by Gasteiger charge is -2.45. The molecule has 30 heavy (non-hydrogen) atoms. The van der Waals surface area contributed by atoms with E-state index in [0.29, 0.717) is 11.3 Å². The highest BCUT2D eigenvalue weighted by Gasteiger charge is 2.58. The molecule has 2 aliphatic rings. The summed E-state index contributed by atoms with van der Waals surface area (Å²) in [6.45, 7) is 1.70. The lowest BCUT2D eigenvalue weighted by atomic mass is 10.00. The van der Waals surface area contributed by atoms with Gasteiger partial charge in [0.15, 0.2) is 0 Å². The van der Waals surface area contributed by atoms with E-state index in [4.69, 9.17) is 9.47 Å². The summed E-state index contributed by atoms with van der Waals surface area (Å²) in [7, 11) is 0. The van der Waals surface area contributed by atoms with E-state index in [1.165, 1.54) is 11.1 Å². The third kappa shape index (κ3) is 3.90. The van der Waals surface area contributed by atoms with Crippen molar-refractivity contribution in [1.29, 1.82) is 0 Å². The van der Waals surface area contributed by atoms with Crippen LogP contribution in [0.2, 0.25) is 0 Å². The molecule has 0 radical (unpaired) electrons. The largest absolute Gasteiger partial charge is 0.437 e. The smallest absolute Gasteiger partial charge is 0.376 e. The predicted octanol–water partition coefficient (Wildman–Crippen LogP) is 2.26. The molecule has 2 fully saturated rings. The molecular formula is C21H21F2N3O4. The van der Waals surface area contributed by atoms with Crippen molar-refractivity contribution in [3.8, 4) is 0 Å². The first-order valence-electron chi connectivity index (χ1n) is 9.54. The van der Waals surface area contributed by atoms with Gasteiger partial charge in [-0.2, -0.15) is 8.78 Å². The lowest BCUT2D eigenvalue weighted by Crippen LogP contribution is -2.66. The van der Waals surface area contributed by atoms with Crippen molar-refractivity contribution in [2.45, 2.75) is 18.6 Å². The van der Waals surface area contributed by atoms with Crippen molar-refractivity contribution >= 4 is 17.5 Å². The van der Waals surface area contributed by atoms with E-state index in [2.05, 4.69) is 4.98 Å². The summed E-state index contributed by atoms with van der Waals surface area (Å²) in [4.78, 5) is 31.9. The number of carbonyl (C=O) groups excluding carboxylic acids is 2. The lowest BCUT2D eigenvalue weighted by molar-refractivity contribution is -0.293. The zero-order valence-electron chi connectivity index (χ0n) is 16.4. The molecule has 2 amide bonds. The second-order valence-corrected chi connectivity index (χ2v) is 7.50. The van der Waals surface area contributed by atoms with Crippen molar-refractivity contribution in [3.05, 3.63) is 59.9 Å². The second-order valence-electron chi connectivity index (χ2n) is 7.50. The molecule has 1 aromatic carbocycles. The number of para-hydroxylation sites is 1. The molecule has 1 aromatic heterocycles. The number of hydrogen-bond donors (Lipinski definition) is 0. The van der Waals surface area contributed by atoms with Gasteiger partial charge < -0.3 is 14.5 Å². The zero-order valence-corrected chi connectivity index (χ0v) is 16.4. The van der Waals surface area contributed by atoms with Gasteiger partial charge in [0, 0.05) is 24.1 Å². The van der Waals surface area contributed by atoms with Crippen LogP contribution in [0.5, 0.6) is 0 Å². The van der Waals surface area contributed by atoms with Crippen LogP contribution in [0.25, 0.3) is 0 Å². The Kier molecular flexibility index (Phi) is 5.25. The topological polar surface area (TPSA) is 72.0 Å².